The number of aryl methyl sites for hydroxylation is 1. The number of nitrogens with zero attached hydrogens (tertiary/aromatic N) is 2. The first-order valence-corrected chi connectivity index (χ1v) is 6.96. The fourth-order valence-corrected chi connectivity index (χ4v) is 2.19. The summed E-state index contributed by atoms with van der Waals surface area (Å²) in [6.45, 7) is 5.84. The highest BCUT2D eigenvalue weighted by Gasteiger charge is 2.02. The van der Waals surface area contributed by atoms with E-state index in [1.54, 1.807) is 18.9 Å². The summed E-state index contributed by atoms with van der Waals surface area (Å²) in [6, 6.07) is 2.02. The smallest absolute Gasteiger partial charge is 0.223 e. The van der Waals surface area contributed by atoms with Gasteiger partial charge in [0, 0.05) is 31.7 Å². The van der Waals surface area contributed by atoms with Crippen LogP contribution in [0.3, 0.4) is 0 Å². The van der Waals surface area contributed by atoms with E-state index in [1.807, 2.05) is 13.0 Å². The molecule has 1 heterocycles. The van der Waals surface area contributed by atoms with E-state index in [4.69, 9.17) is 4.74 Å². The van der Waals surface area contributed by atoms with E-state index in [2.05, 4.69) is 22.2 Å². The Morgan fingerprint density at radius 2 is 2.24 bits per heavy atom. The fourth-order valence-electron chi connectivity index (χ4n) is 1.31. The molecule has 0 atom stereocenters. The molecule has 0 amide bonds. The first-order valence-electron chi connectivity index (χ1n) is 5.97. The van der Waals surface area contributed by atoms with Gasteiger partial charge >= 0.3 is 0 Å². The van der Waals surface area contributed by atoms with Gasteiger partial charge < -0.3 is 10.1 Å². The number of thioether (sulfide) groups is 1. The molecule has 0 aliphatic carbocycles. The third kappa shape index (κ3) is 5.89. The second-order valence-electron chi connectivity index (χ2n) is 3.79. The number of methoxy groups -OCH3 is 1. The van der Waals surface area contributed by atoms with Crippen molar-refractivity contribution in [2.75, 3.05) is 31.3 Å². The molecule has 0 spiro atoms. The summed E-state index contributed by atoms with van der Waals surface area (Å²) in [5, 5.41) is 4.25. The average Bonchev–Trinajstić information content (AvgIpc) is 2.31. The molecule has 4 nitrogen and oxygen atoms in total. The van der Waals surface area contributed by atoms with Crippen LogP contribution in [-0.4, -0.2) is 36.0 Å². The highest BCUT2D eigenvalue weighted by Crippen LogP contribution is 2.18. The first-order chi connectivity index (χ1) is 8.26. The van der Waals surface area contributed by atoms with Crippen LogP contribution in [0.25, 0.3) is 0 Å². The summed E-state index contributed by atoms with van der Waals surface area (Å²) in [4.78, 5) is 8.82. The molecule has 0 fully saturated rings. The lowest BCUT2D eigenvalue weighted by atomic mass is 10.4. The molecule has 96 valence electrons. The monoisotopic (exact) mass is 255 g/mol. The van der Waals surface area contributed by atoms with Crippen LogP contribution in [0.2, 0.25) is 0 Å². The molecule has 1 N–H and O–H groups in total. The molecule has 0 saturated carbocycles. The van der Waals surface area contributed by atoms with E-state index < -0.39 is 0 Å². The highest BCUT2D eigenvalue weighted by atomic mass is 32.2. The van der Waals surface area contributed by atoms with Crippen molar-refractivity contribution >= 4 is 17.7 Å². The summed E-state index contributed by atoms with van der Waals surface area (Å²) in [5.74, 6) is 1.76. The second kappa shape index (κ2) is 8.31. The van der Waals surface area contributed by atoms with Gasteiger partial charge in [0.25, 0.3) is 0 Å². The molecule has 0 aromatic carbocycles. The zero-order chi connectivity index (χ0) is 12.5. The summed E-state index contributed by atoms with van der Waals surface area (Å²) < 4.78 is 5.02. The standard InChI is InChI=1S/C12H21N3OS/c1-4-6-13-12-14-10(2)9-11(15-12)17-8-5-7-16-3/h9H,4-8H2,1-3H3,(H,13,14,15). The Morgan fingerprint density at radius 1 is 1.41 bits per heavy atom. The van der Waals surface area contributed by atoms with Crippen LogP contribution in [-0.2, 0) is 4.74 Å². The molecule has 1 rings (SSSR count). The van der Waals surface area contributed by atoms with E-state index in [0.717, 1.165) is 48.4 Å². The molecule has 5 heteroatoms. The topological polar surface area (TPSA) is 47.0 Å². The van der Waals surface area contributed by atoms with Gasteiger partial charge in [0.1, 0.15) is 5.03 Å². The normalized spacial score (nSPS) is 10.5. The maximum atomic E-state index is 5.02. The van der Waals surface area contributed by atoms with Crippen LogP contribution in [0, 0.1) is 6.92 Å². The van der Waals surface area contributed by atoms with Crippen LogP contribution < -0.4 is 5.32 Å². The second-order valence-corrected chi connectivity index (χ2v) is 4.91. The molecule has 0 aliphatic heterocycles. The van der Waals surface area contributed by atoms with Crippen LogP contribution in [0.1, 0.15) is 25.5 Å². The van der Waals surface area contributed by atoms with Crippen molar-refractivity contribution in [1.29, 1.82) is 0 Å². The number of anilines is 1. The van der Waals surface area contributed by atoms with Crippen molar-refractivity contribution in [2.45, 2.75) is 31.7 Å². The highest BCUT2D eigenvalue weighted by molar-refractivity contribution is 7.99. The molecule has 17 heavy (non-hydrogen) atoms. The van der Waals surface area contributed by atoms with Crippen LogP contribution >= 0.6 is 11.8 Å². The number of rotatable bonds is 8. The summed E-state index contributed by atoms with van der Waals surface area (Å²) >= 11 is 1.75. The van der Waals surface area contributed by atoms with Gasteiger partial charge in [-0.3, -0.25) is 0 Å². The van der Waals surface area contributed by atoms with Gasteiger partial charge in [-0.2, -0.15) is 0 Å². The van der Waals surface area contributed by atoms with Gasteiger partial charge in [-0.25, -0.2) is 9.97 Å². The number of ether oxygens (including phenoxy) is 1. The van der Waals surface area contributed by atoms with Gasteiger partial charge in [0.15, 0.2) is 0 Å². The van der Waals surface area contributed by atoms with Crippen molar-refractivity contribution in [3.05, 3.63) is 11.8 Å². The Bertz CT molecular complexity index is 334. The molecule has 0 aliphatic rings. The molecule has 1 aromatic rings. The third-order valence-corrected chi connectivity index (χ3v) is 3.10. The van der Waals surface area contributed by atoms with Crippen LogP contribution in [0.4, 0.5) is 5.95 Å². The largest absolute Gasteiger partial charge is 0.385 e. The Morgan fingerprint density at radius 3 is 2.94 bits per heavy atom. The minimum atomic E-state index is 0.737. The van der Waals surface area contributed by atoms with E-state index in [0.29, 0.717) is 0 Å². The van der Waals surface area contributed by atoms with Gasteiger partial charge in [-0.05, 0) is 25.8 Å². The summed E-state index contributed by atoms with van der Waals surface area (Å²) in [7, 11) is 1.73. The number of hydrogen-bond donors (Lipinski definition) is 1. The fraction of sp³-hybridized carbons (Fsp3) is 0.667. The zero-order valence-electron chi connectivity index (χ0n) is 10.8. The van der Waals surface area contributed by atoms with Crippen molar-refractivity contribution in [3.8, 4) is 0 Å². The molecule has 0 bridgehead atoms. The van der Waals surface area contributed by atoms with E-state index in [1.165, 1.54) is 0 Å². The molecule has 0 radical (unpaired) electrons. The molecule has 0 saturated heterocycles. The van der Waals surface area contributed by atoms with Gasteiger partial charge in [0.05, 0.1) is 0 Å². The van der Waals surface area contributed by atoms with E-state index in [-0.39, 0.29) is 0 Å². The minimum Gasteiger partial charge on any atom is -0.385 e. The predicted molar refractivity (Wildman–Crippen MR) is 72.8 cm³/mol. The molecular formula is C12H21N3OS. The maximum absolute atomic E-state index is 5.02. The Balaban J connectivity index is 2.50. The number of nitrogens with one attached hydrogen (secondary N) is 1. The lowest BCUT2D eigenvalue weighted by Crippen LogP contribution is -2.05. The van der Waals surface area contributed by atoms with Crippen molar-refractivity contribution in [3.63, 3.8) is 0 Å². The predicted octanol–water partition coefficient (Wildman–Crippen LogP) is 2.74. The Labute approximate surface area is 108 Å². The Hall–Kier alpha value is -0.810. The Kier molecular flexibility index (Phi) is 6.96. The zero-order valence-corrected chi connectivity index (χ0v) is 11.6. The quantitative estimate of drug-likeness (QED) is 0.440. The molecular weight excluding hydrogens is 234 g/mol. The molecule has 1 aromatic heterocycles. The van der Waals surface area contributed by atoms with E-state index in [9.17, 15) is 0 Å². The van der Waals surface area contributed by atoms with Crippen molar-refractivity contribution in [1.82, 2.24) is 9.97 Å². The van der Waals surface area contributed by atoms with Gasteiger partial charge in [-0.15, -0.1) is 11.8 Å². The third-order valence-electron chi connectivity index (χ3n) is 2.11. The lowest BCUT2D eigenvalue weighted by Gasteiger charge is -2.07. The number of aromatic nitrogens is 2. The van der Waals surface area contributed by atoms with Crippen molar-refractivity contribution in [2.24, 2.45) is 0 Å². The van der Waals surface area contributed by atoms with Gasteiger partial charge in [-0.1, -0.05) is 6.92 Å². The number of hydrogen-bond acceptors (Lipinski definition) is 5. The van der Waals surface area contributed by atoms with Crippen LogP contribution in [0.15, 0.2) is 11.1 Å². The summed E-state index contributed by atoms with van der Waals surface area (Å²) in [5.41, 5.74) is 1.01. The average molecular weight is 255 g/mol. The van der Waals surface area contributed by atoms with Crippen LogP contribution in [0.5, 0.6) is 0 Å². The molecule has 0 unspecified atom stereocenters. The maximum Gasteiger partial charge on any atom is 0.223 e. The lowest BCUT2D eigenvalue weighted by molar-refractivity contribution is 0.200. The minimum absolute atomic E-state index is 0.737. The van der Waals surface area contributed by atoms with Crippen molar-refractivity contribution < 1.29 is 4.74 Å². The van der Waals surface area contributed by atoms with Gasteiger partial charge in [0.2, 0.25) is 5.95 Å². The summed E-state index contributed by atoms with van der Waals surface area (Å²) in [6.07, 6.45) is 2.12. The SMILES string of the molecule is CCCNc1nc(C)cc(SCCCOC)n1. The van der Waals surface area contributed by atoms with E-state index >= 15 is 0 Å². The first kappa shape index (κ1) is 14.3.